The summed E-state index contributed by atoms with van der Waals surface area (Å²) in [6.07, 6.45) is 2.15. The number of aromatic nitrogens is 1. The Kier molecular flexibility index (Phi) is 7.91. The van der Waals surface area contributed by atoms with Gasteiger partial charge in [-0.3, -0.25) is 9.78 Å². The summed E-state index contributed by atoms with van der Waals surface area (Å²) < 4.78 is 52.2. The minimum Gasteiger partial charge on any atom is -0.357 e. The second kappa shape index (κ2) is 11.1. The van der Waals surface area contributed by atoms with Gasteiger partial charge in [0.1, 0.15) is 17.6 Å². The molecule has 1 aliphatic rings. The summed E-state index contributed by atoms with van der Waals surface area (Å²) in [6, 6.07) is 13.9. The Morgan fingerprint density at radius 2 is 1.75 bits per heavy atom. The van der Waals surface area contributed by atoms with E-state index in [2.05, 4.69) is 22.4 Å². The maximum atomic E-state index is 13.6. The molecule has 1 atom stereocenters. The van der Waals surface area contributed by atoms with Crippen LogP contribution in [-0.2, 0) is 30.2 Å². The lowest BCUT2D eigenvalue weighted by molar-refractivity contribution is -0.141. The minimum atomic E-state index is -4.47. The van der Waals surface area contributed by atoms with Crippen LogP contribution in [0.2, 0.25) is 0 Å². The number of hydrogen-bond donors (Lipinski definition) is 1. The third kappa shape index (κ3) is 6.04. The van der Waals surface area contributed by atoms with E-state index in [0.717, 1.165) is 37.4 Å². The van der Waals surface area contributed by atoms with Crippen LogP contribution in [0.25, 0.3) is 0 Å². The molecule has 2 aromatic carbocycles. The molecule has 0 spiro atoms. The molecule has 0 unspecified atom stereocenters. The van der Waals surface area contributed by atoms with Crippen molar-refractivity contribution < 1.29 is 22.4 Å². The van der Waals surface area contributed by atoms with Crippen LogP contribution in [0.5, 0.6) is 0 Å². The van der Waals surface area contributed by atoms with Crippen molar-refractivity contribution in [2.24, 2.45) is 0 Å². The van der Waals surface area contributed by atoms with Gasteiger partial charge in [0.15, 0.2) is 0 Å². The second-order valence-electron chi connectivity index (χ2n) is 9.07. The molecule has 4 nitrogen and oxygen atoms in total. The van der Waals surface area contributed by atoms with Gasteiger partial charge < -0.3 is 10.2 Å². The number of carbonyl (C=O) groups is 1. The number of fused-ring (bicyclic) bond motifs is 1. The van der Waals surface area contributed by atoms with Crippen LogP contribution in [0.3, 0.4) is 0 Å². The maximum Gasteiger partial charge on any atom is 0.433 e. The number of hydrogen-bond acceptors (Lipinski definition) is 3. The van der Waals surface area contributed by atoms with Gasteiger partial charge in [0.25, 0.3) is 0 Å². The fourth-order valence-corrected chi connectivity index (χ4v) is 4.75. The summed E-state index contributed by atoms with van der Waals surface area (Å²) >= 11 is 0. The number of carbonyl (C=O) groups excluding carboxylic acids is 1. The molecule has 1 amide bonds. The Morgan fingerprint density at radius 3 is 2.39 bits per heavy atom. The summed E-state index contributed by atoms with van der Waals surface area (Å²) in [4.78, 5) is 18.6. The summed E-state index contributed by atoms with van der Waals surface area (Å²) in [7, 11) is 1.57. The van der Waals surface area contributed by atoms with Crippen molar-refractivity contribution in [2.75, 3.05) is 18.5 Å². The zero-order chi connectivity index (χ0) is 25.7. The standard InChI is InChI=1S/C28H29F4N3O/c1-33-27(36)26(21-9-12-23(29)13-10-21)35(24-14-11-20-6-2-3-7-22(20)17-24)16-4-5-19-8-15-25(34-18-19)28(30,31)32/h8-15,17-18,26H,2-7,16H2,1H3,(H,33,36)/t26-/m1/s1. The molecule has 1 heterocycles. The smallest absolute Gasteiger partial charge is 0.357 e. The highest BCUT2D eigenvalue weighted by atomic mass is 19.4. The van der Waals surface area contributed by atoms with Crippen LogP contribution in [0.4, 0.5) is 23.2 Å². The van der Waals surface area contributed by atoms with Gasteiger partial charge in [-0.05, 0) is 91.1 Å². The van der Waals surface area contributed by atoms with Crippen LogP contribution in [0.1, 0.15) is 53.3 Å². The van der Waals surface area contributed by atoms with Crippen molar-refractivity contribution in [2.45, 2.75) is 50.7 Å². The summed E-state index contributed by atoms with van der Waals surface area (Å²) in [5, 5.41) is 2.73. The number of aryl methyl sites for hydroxylation is 3. The molecule has 0 aliphatic heterocycles. The highest BCUT2D eigenvalue weighted by molar-refractivity contribution is 5.86. The van der Waals surface area contributed by atoms with Crippen LogP contribution >= 0.6 is 0 Å². The lowest BCUT2D eigenvalue weighted by Gasteiger charge is -2.34. The first-order chi connectivity index (χ1) is 17.3. The molecule has 0 fully saturated rings. The molecular formula is C28H29F4N3O. The van der Waals surface area contributed by atoms with Crippen molar-refractivity contribution in [1.82, 2.24) is 10.3 Å². The van der Waals surface area contributed by atoms with Crippen molar-refractivity contribution in [3.8, 4) is 0 Å². The number of likely N-dealkylation sites (N-methyl/N-ethyl adjacent to an activating group) is 1. The molecule has 0 radical (unpaired) electrons. The third-order valence-corrected chi connectivity index (χ3v) is 6.64. The Morgan fingerprint density at radius 1 is 1.03 bits per heavy atom. The van der Waals surface area contributed by atoms with Crippen molar-refractivity contribution in [3.63, 3.8) is 0 Å². The fraction of sp³-hybridized carbons (Fsp3) is 0.357. The number of halogens is 4. The van der Waals surface area contributed by atoms with Gasteiger partial charge in [-0.25, -0.2) is 4.39 Å². The average Bonchev–Trinajstić information content (AvgIpc) is 2.88. The minimum absolute atomic E-state index is 0.226. The number of nitrogens with one attached hydrogen (secondary N) is 1. The van der Waals surface area contributed by atoms with Crippen LogP contribution in [0, 0.1) is 5.82 Å². The van der Waals surface area contributed by atoms with Crippen molar-refractivity contribution in [3.05, 3.63) is 94.6 Å². The van der Waals surface area contributed by atoms with E-state index < -0.39 is 17.9 Å². The molecule has 0 bridgehead atoms. The van der Waals surface area contributed by atoms with E-state index in [0.29, 0.717) is 30.5 Å². The third-order valence-electron chi connectivity index (χ3n) is 6.64. The quantitative estimate of drug-likeness (QED) is 0.384. The van der Waals surface area contributed by atoms with E-state index in [9.17, 15) is 22.4 Å². The van der Waals surface area contributed by atoms with Crippen LogP contribution in [-0.4, -0.2) is 24.5 Å². The van der Waals surface area contributed by atoms with E-state index in [1.807, 2.05) is 11.0 Å². The number of nitrogens with zero attached hydrogens (tertiary/aromatic N) is 2. The predicted octanol–water partition coefficient (Wildman–Crippen LogP) is 6.04. The van der Waals surface area contributed by atoms with Crippen LogP contribution < -0.4 is 10.2 Å². The predicted molar refractivity (Wildman–Crippen MR) is 131 cm³/mol. The van der Waals surface area contributed by atoms with Gasteiger partial charge in [0.2, 0.25) is 5.91 Å². The van der Waals surface area contributed by atoms with Gasteiger partial charge in [-0.2, -0.15) is 13.2 Å². The number of anilines is 1. The highest BCUT2D eigenvalue weighted by Gasteiger charge is 2.32. The van der Waals surface area contributed by atoms with Gasteiger partial charge in [0, 0.05) is 25.5 Å². The molecule has 1 aromatic heterocycles. The lowest BCUT2D eigenvalue weighted by atomic mass is 9.91. The number of amides is 1. The molecule has 36 heavy (non-hydrogen) atoms. The summed E-state index contributed by atoms with van der Waals surface area (Å²) in [6.45, 7) is 0.468. The molecule has 4 rings (SSSR count). The monoisotopic (exact) mass is 499 g/mol. The molecule has 1 N–H and O–H groups in total. The number of rotatable bonds is 8. The fourth-order valence-electron chi connectivity index (χ4n) is 4.75. The van der Waals surface area contributed by atoms with Crippen LogP contribution in [0.15, 0.2) is 60.8 Å². The second-order valence-corrected chi connectivity index (χ2v) is 9.07. The summed E-state index contributed by atoms with van der Waals surface area (Å²) in [5.74, 6) is -0.611. The molecule has 1 aliphatic carbocycles. The lowest BCUT2D eigenvalue weighted by Crippen LogP contribution is -2.40. The molecule has 0 saturated heterocycles. The Bertz CT molecular complexity index is 1180. The molecule has 190 valence electrons. The zero-order valence-electron chi connectivity index (χ0n) is 20.1. The zero-order valence-corrected chi connectivity index (χ0v) is 20.1. The Hall–Kier alpha value is -3.42. The maximum absolute atomic E-state index is 13.6. The first kappa shape index (κ1) is 25.7. The highest BCUT2D eigenvalue weighted by Crippen LogP contribution is 2.32. The van der Waals surface area contributed by atoms with E-state index in [-0.39, 0.29) is 11.7 Å². The van der Waals surface area contributed by atoms with E-state index in [4.69, 9.17) is 0 Å². The van der Waals surface area contributed by atoms with Crippen molar-refractivity contribution >= 4 is 11.6 Å². The van der Waals surface area contributed by atoms with Gasteiger partial charge in [-0.15, -0.1) is 0 Å². The molecule has 8 heteroatoms. The van der Waals surface area contributed by atoms with E-state index in [1.54, 1.807) is 19.2 Å². The SMILES string of the molecule is CNC(=O)[C@@H](c1ccc(F)cc1)N(CCCc1ccc(C(F)(F)F)nc1)c1ccc2c(c1)CCCC2. The Balaban J connectivity index is 1.62. The Labute approximate surface area is 208 Å². The molecule has 0 saturated carbocycles. The topological polar surface area (TPSA) is 45.2 Å². The molecular weight excluding hydrogens is 470 g/mol. The van der Waals surface area contributed by atoms with E-state index in [1.165, 1.54) is 35.5 Å². The largest absolute Gasteiger partial charge is 0.433 e. The average molecular weight is 500 g/mol. The van der Waals surface area contributed by atoms with E-state index >= 15 is 0 Å². The van der Waals surface area contributed by atoms with Gasteiger partial charge in [-0.1, -0.05) is 24.3 Å². The number of benzene rings is 2. The number of alkyl halides is 3. The van der Waals surface area contributed by atoms with Gasteiger partial charge in [0.05, 0.1) is 0 Å². The molecule has 3 aromatic rings. The van der Waals surface area contributed by atoms with Crippen molar-refractivity contribution in [1.29, 1.82) is 0 Å². The first-order valence-electron chi connectivity index (χ1n) is 12.1. The summed E-state index contributed by atoms with van der Waals surface area (Å²) in [5.41, 5.74) is 3.90. The first-order valence-corrected chi connectivity index (χ1v) is 12.1. The normalized spacial score (nSPS) is 14.1. The number of pyridine rings is 1. The van der Waals surface area contributed by atoms with Gasteiger partial charge >= 0.3 is 6.18 Å².